The molecule has 0 amide bonds. The minimum atomic E-state index is 0.452. The highest BCUT2D eigenvalue weighted by Crippen LogP contribution is 2.37. The highest BCUT2D eigenvalue weighted by Gasteiger charge is 2.16. The van der Waals surface area contributed by atoms with E-state index in [9.17, 15) is 0 Å². The van der Waals surface area contributed by atoms with Crippen molar-refractivity contribution < 1.29 is 9.47 Å². The van der Waals surface area contributed by atoms with E-state index in [1.165, 1.54) is 5.56 Å². The van der Waals surface area contributed by atoms with Gasteiger partial charge in [-0.15, -0.1) is 0 Å². The maximum atomic E-state index is 6.21. The maximum Gasteiger partial charge on any atom is 0.214 e. The summed E-state index contributed by atoms with van der Waals surface area (Å²) in [5.41, 5.74) is 6.61. The molecule has 29 heavy (non-hydrogen) atoms. The van der Waals surface area contributed by atoms with Gasteiger partial charge < -0.3 is 14.9 Å². The van der Waals surface area contributed by atoms with E-state index in [1.807, 2.05) is 22.9 Å². The van der Waals surface area contributed by atoms with Crippen molar-refractivity contribution in [2.75, 3.05) is 12.5 Å². The Kier molecular flexibility index (Phi) is 7.33. The summed E-state index contributed by atoms with van der Waals surface area (Å²) in [7, 11) is 1.64. The number of H-pyrrole nitrogens is 1. The molecule has 0 aliphatic rings. The molecule has 2 aromatic carbocycles. The monoisotopic (exact) mass is 476 g/mol. The average molecular weight is 477 g/mol. The first-order valence-electron chi connectivity index (χ1n) is 9.47. The summed E-state index contributed by atoms with van der Waals surface area (Å²) in [5, 5.41) is 7.14. The Morgan fingerprint density at radius 2 is 2.10 bits per heavy atom. The van der Waals surface area contributed by atoms with E-state index in [1.54, 1.807) is 7.11 Å². The van der Waals surface area contributed by atoms with Gasteiger partial charge in [0, 0.05) is 16.5 Å². The van der Waals surface area contributed by atoms with Crippen LogP contribution in [-0.2, 0) is 19.6 Å². The van der Waals surface area contributed by atoms with Crippen molar-refractivity contribution in [2.24, 2.45) is 0 Å². The van der Waals surface area contributed by atoms with Gasteiger partial charge in [0.1, 0.15) is 6.61 Å². The number of aromatic nitrogens is 3. The molecule has 3 aromatic rings. The lowest BCUT2D eigenvalue weighted by Gasteiger charge is -2.18. The van der Waals surface area contributed by atoms with Crippen LogP contribution >= 0.6 is 28.1 Å². The van der Waals surface area contributed by atoms with E-state index in [0.717, 1.165) is 34.3 Å². The van der Waals surface area contributed by atoms with Crippen LogP contribution < -0.4 is 14.9 Å². The topological polar surface area (TPSA) is 64.1 Å². The summed E-state index contributed by atoms with van der Waals surface area (Å²) in [5.74, 6) is 2.25. The molecule has 0 aliphatic carbocycles. The molecule has 0 bridgehead atoms. The minimum Gasteiger partial charge on any atom is -0.493 e. The van der Waals surface area contributed by atoms with Gasteiger partial charge in [0.25, 0.3) is 0 Å². The minimum absolute atomic E-state index is 0.452. The van der Waals surface area contributed by atoms with Crippen LogP contribution in [0.1, 0.15) is 35.9 Å². The zero-order valence-electron chi connectivity index (χ0n) is 16.8. The Morgan fingerprint density at radius 1 is 1.28 bits per heavy atom. The molecule has 0 unspecified atom stereocenters. The van der Waals surface area contributed by atoms with Crippen LogP contribution in [-0.4, -0.2) is 22.0 Å². The second kappa shape index (κ2) is 9.93. The Hall–Kier alpha value is -2.32. The molecule has 0 radical (unpaired) electrons. The van der Waals surface area contributed by atoms with Crippen LogP contribution in [0.5, 0.6) is 11.5 Å². The smallest absolute Gasteiger partial charge is 0.214 e. The number of aryl methyl sites for hydroxylation is 2. The summed E-state index contributed by atoms with van der Waals surface area (Å²) in [6.07, 6.45) is 1.81. The lowest BCUT2D eigenvalue weighted by Crippen LogP contribution is -2.18. The number of hydrogen-bond acceptors (Lipinski definition) is 5. The second-order valence-corrected chi connectivity index (χ2v) is 7.94. The maximum absolute atomic E-state index is 6.21. The number of ether oxygens (including phenoxy) is 2. The van der Waals surface area contributed by atoms with Crippen molar-refractivity contribution >= 4 is 28.1 Å². The van der Waals surface area contributed by atoms with Gasteiger partial charge >= 0.3 is 0 Å². The van der Waals surface area contributed by atoms with Gasteiger partial charge in [-0.25, -0.2) is 4.68 Å². The van der Waals surface area contributed by atoms with Crippen molar-refractivity contribution in [1.29, 1.82) is 0 Å². The number of methoxy groups -OCH3 is 1. The SMILES string of the molecule is CCCc1n[nH]c(=S)n1NCc1c(Br)ccc(OC)c1OCc1cccc(C)c1. The quantitative estimate of drug-likeness (QED) is 0.410. The molecule has 0 fully saturated rings. The third-order valence-electron chi connectivity index (χ3n) is 4.48. The van der Waals surface area contributed by atoms with Crippen LogP contribution in [0.15, 0.2) is 40.9 Å². The fraction of sp³-hybridized carbons (Fsp3) is 0.333. The van der Waals surface area contributed by atoms with Crippen LogP contribution in [0.2, 0.25) is 0 Å². The third-order valence-corrected chi connectivity index (χ3v) is 5.50. The van der Waals surface area contributed by atoms with Gasteiger partial charge in [-0.05, 0) is 43.3 Å². The van der Waals surface area contributed by atoms with Crippen molar-refractivity contribution in [3.05, 3.63) is 68.2 Å². The lowest BCUT2D eigenvalue weighted by molar-refractivity contribution is 0.281. The Balaban J connectivity index is 1.86. The molecule has 0 spiro atoms. The zero-order valence-corrected chi connectivity index (χ0v) is 19.2. The summed E-state index contributed by atoms with van der Waals surface area (Å²) in [6.45, 7) is 5.12. The molecule has 154 valence electrons. The van der Waals surface area contributed by atoms with Gasteiger partial charge in [0.2, 0.25) is 4.77 Å². The first kappa shape index (κ1) is 21.4. The predicted octanol–water partition coefficient (Wildman–Crippen LogP) is 5.30. The van der Waals surface area contributed by atoms with Crippen LogP contribution in [0, 0.1) is 11.7 Å². The number of hydrogen-bond donors (Lipinski definition) is 2. The van der Waals surface area contributed by atoms with E-state index >= 15 is 0 Å². The molecule has 8 heteroatoms. The molecule has 0 saturated carbocycles. The van der Waals surface area contributed by atoms with Crippen molar-refractivity contribution in [3.8, 4) is 11.5 Å². The van der Waals surface area contributed by atoms with Crippen LogP contribution in [0.25, 0.3) is 0 Å². The molecular weight excluding hydrogens is 452 g/mol. The summed E-state index contributed by atoms with van der Waals surface area (Å²) < 4.78 is 15.0. The number of rotatable bonds is 9. The normalized spacial score (nSPS) is 10.8. The molecule has 0 aliphatic heterocycles. The number of benzene rings is 2. The highest BCUT2D eigenvalue weighted by molar-refractivity contribution is 9.10. The fourth-order valence-electron chi connectivity index (χ4n) is 3.07. The summed E-state index contributed by atoms with van der Waals surface area (Å²) in [4.78, 5) is 0. The Morgan fingerprint density at radius 3 is 2.83 bits per heavy atom. The molecule has 3 rings (SSSR count). The van der Waals surface area contributed by atoms with Crippen molar-refractivity contribution in [3.63, 3.8) is 0 Å². The highest BCUT2D eigenvalue weighted by atomic mass is 79.9. The van der Waals surface area contributed by atoms with E-state index in [2.05, 4.69) is 63.6 Å². The first-order chi connectivity index (χ1) is 14.0. The Labute approximate surface area is 184 Å². The fourth-order valence-corrected chi connectivity index (χ4v) is 3.73. The largest absolute Gasteiger partial charge is 0.493 e. The summed E-state index contributed by atoms with van der Waals surface area (Å²) in [6, 6.07) is 12.1. The van der Waals surface area contributed by atoms with Gasteiger partial charge in [-0.3, -0.25) is 5.10 Å². The van der Waals surface area contributed by atoms with Crippen molar-refractivity contribution in [1.82, 2.24) is 14.9 Å². The van der Waals surface area contributed by atoms with Gasteiger partial charge in [-0.1, -0.05) is 52.7 Å². The van der Waals surface area contributed by atoms with E-state index in [0.29, 0.717) is 29.4 Å². The third kappa shape index (κ3) is 5.19. The van der Waals surface area contributed by atoms with E-state index in [4.69, 9.17) is 21.7 Å². The standard InChI is InChI=1S/C21H25BrN4O2S/c1-4-6-19-24-25-21(29)26(19)23-12-16-17(22)9-10-18(27-3)20(16)28-13-15-8-5-7-14(2)11-15/h5,7-11,23H,4,6,12-13H2,1-3H3,(H,25,29). The number of nitrogens with one attached hydrogen (secondary N) is 2. The number of aromatic amines is 1. The number of nitrogens with zero attached hydrogens (tertiary/aromatic N) is 2. The van der Waals surface area contributed by atoms with Gasteiger partial charge in [0.15, 0.2) is 17.3 Å². The second-order valence-electron chi connectivity index (χ2n) is 6.70. The number of halogens is 1. The van der Waals surface area contributed by atoms with Gasteiger partial charge in [-0.2, -0.15) is 5.10 Å². The molecule has 1 heterocycles. The first-order valence-corrected chi connectivity index (χ1v) is 10.7. The van der Waals surface area contributed by atoms with Crippen LogP contribution in [0.3, 0.4) is 0 Å². The molecule has 0 saturated heterocycles. The predicted molar refractivity (Wildman–Crippen MR) is 121 cm³/mol. The average Bonchev–Trinajstić information content (AvgIpc) is 3.05. The van der Waals surface area contributed by atoms with E-state index < -0.39 is 0 Å². The molecule has 0 atom stereocenters. The van der Waals surface area contributed by atoms with Crippen LogP contribution in [0.4, 0.5) is 0 Å². The lowest BCUT2D eigenvalue weighted by atomic mass is 10.1. The summed E-state index contributed by atoms with van der Waals surface area (Å²) >= 11 is 9.00. The molecule has 1 aromatic heterocycles. The molecule has 6 nitrogen and oxygen atoms in total. The molecule has 2 N–H and O–H groups in total. The van der Waals surface area contributed by atoms with Gasteiger partial charge in [0.05, 0.1) is 13.7 Å². The van der Waals surface area contributed by atoms with E-state index in [-0.39, 0.29) is 0 Å². The molecular formula is C21H25BrN4O2S. The van der Waals surface area contributed by atoms with Crippen molar-refractivity contribution in [2.45, 2.75) is 39.8 Å². The Bertz CT molecular complexity index is 1030. The zero-order chi connectivity index (χ0) is 20.8.